The maximum Gasteiger partial charge on any atom is 0.360 e. The minimum Gasteiger partial charge on any atom is -0.484 e. The van der Waals surface area contributed by atoms with Gasteiger partial charge in [-0.05, 0) is 11.1 Å². The Kier molecular flexibility index (Phi) is 4.57. The Morgan fingerprint density at radius 2 is 1.79 bits per heavy atom. The lowest BCUT2D eigenvalue weighted by atomic mass is 10.0. The fourth-order valence-electron chi connectivity index (χ4n) is 3.37. The summed E-state index contributed by atoms with van der Waals surface area (Å²) < 4.78 is 7.30. The van der Waals surface area contributed by atoms with E-state index >= 15 is 0 Å². The molecular weight excluding hydrogens is 358 g/mol. The standard InChI is InChI=1S/C21H19N3O4/c1-23-12-16(15-10-6-3-7-11-15)24-18(20(23)25)19(17(22-24)21(26)27)28-13-14-8-4-2-5-9-14/h2-11,16H,12-13H2,1H3,(H,26,27). The lowest BCUT2D eigenvalue weighted by molar-refractivity contribution is 0.0681. The Hall–Kier alpha value is -3.61. The molecule has 7 nitrogen and oxygen atoms in total. The zero-order chi connectivity index (χ0) is 19.7. The van der Waals surface area contributed by atoms with Crippen molar-refractivity contribution in [2.45, 2.75) is 12.6 Å². The van der Waals surface area contributed by atoms with Crippen molar-refractivity contribution in [1.82, 2.24) is 14.7 Å². The molecule has 2 heterocycles. The average molecular weight is 377 g/mol. The first kappa shape index (κ1) is 17.8. The van der Waals surface area contributed by atoms with Gasteiger partial charge in [-0.15, -0.1) is 0 Å². The second-order valence-corrected chi connectivity index (χ2v) is 6.66. The molecule has 0 spiro atoms. The molecule has 142 valence electrons. The van der Waals surface area contributed by atoms with Gasteiger partial charge in [0.2, 0.25) is 5.69 Å². The van der Waals surface area contributed by atoms with Crippen LogP contribution in [0.3, 0.4) is 0 Å². The first-order valence-corrected chi connectivity index (χ1v) is 8.89. The van der Waals surface area contributed by atoms with Crippen molar-refractivity contribution >= 4 is 11.9 Å². The summed E-state index contributed by atoms with van der Waals surface area (Å²) in [5.74, 6) is -1.53. The number of aromatic nitrogens is 2. The van der Waals surface area contributed by atoms with Gasteiger partial charge >= 0.3 is 5.97 Å². The van der Waals surface area contributed by atoms with Crippen molar-refractivity contribution < 1.29 is 19.4 Å². The fraction of sp³-hybridized carbons (Fsp3) is 0.190. The number of ether oxygens (including phenoxy) is 1. The first-order chi connectivity index (χ1) is 13.6. The van der Waals surface area contributed by atoms with Crippen LogP contribution < -0.4 is 4.74 Å². The number of aromatic carboxylic acids is 1. The van der Waals surface area contributed by atoms with E-state index in [1.54, 1.807) is 11.9 Å². The van der Waals surface area contributed by atoms with Gasteiger partial charge in [-0.25, -0.2) is 9.48 Å². The third kappa shape index (κ3) is 3.11. The number of nitrogens with zero attached hydrogens (tertiary/aromatic N) is 3. The van der Waals surface area contributed by atoms with Gasteiger partial charge in [-0.3, -0.25) is 4.79 Å². The molecule has 0 aliphatic carbocycles. The van der Waals surface area contributed by atoms with Gasteiger partial charge in [-0.2, -0.15) is 5.10 Å². The van der Waals surface area contributed by atoms with Gasteiger partial charge in [-0.1, -0.05) is 60.7 Å². The maximum absolute atomic E-state index is 12.9. The number of likely N-dealkylation sites (N-methyl/N-ethyl adjacent to an activating group) is 1. The predicted molar refractivity (Wildman–Crippen MR) is 102 cm³/mol. The van der Waals surface area contributed by atoms with Gasteiger partial charge in [0, 0.05) is 13.6 Å². The van der Waals surface area contributed by atoms with Crippen LogP contribution in [0.2, 0.25) is 0 Å². The SMILES string of the molecule is CN1CC(c2ccccc2)n2nc(C(=O)O)c(OCc3ccccc3)c2C1=O. The molecule has 0 saturated heterocycles. The van der Waals surface area contributed by atoms with Crippen LogP contribution in [0.4, 0.5) is 0 Å². The van der Waals surface area contributed by atoms with Gasteiger partial charge in [0.15, 0.2) is 11.4 Å². The van der Waals surface area contributed by atoms with E-state index in [1.165, 1.54) is 4.68 Å². The maximum atomic E-state index is 12.9. The fourth-order valence-corrected chi connectivity index (χ4v) is 3.37. The molecule has 0 saturated carbocycles. The summed E-state index contributed by atoms with van der Waals surface area (Å²) in [6, 6.07) is 18.7. The highest BCUT2D eigenvalue weighted by Gasteiger charge is 2.38. The van der Waals surface area contributed by atoms with Crippen LogP contribution in [0.25, 0.3) is 0 Å². The van der Waals surface area contributed by atoms with Crippen molar-refractivity contribution in [3.05, 3.63) is 83.2 Å². The van der Waals surface area contributed by atoms with E-state index in [9.17, 15) is 14.7 Å². The number of carboxylic acid groups (broad SMARTS) is 1. The largest absolute Gasteiger partial charge is 0.484 e. The van der Waals surface area contributed by atoms with Crippen LogP contribution >= 0.6 is 0 Å². The molecule has 3 aromatic rings. The molecule has 28 heavy (non-hydrogen) atoms. The lowest BCUT2D eigenvalue weighted by Gasteiger charge is -2.31. The van der Waals surface area contributed by atoms with E-state index in [4.69, 9.17) is 4.74 Å². The number of amides is 1. The summed E-state index contributed by atoms with van der Waals surface area (Å²) in [5, 5.41) is 13.9. The Bertz CT molecular complexity index is 1010. The Balaban J connectivity index is 1.79. The van der Waals surface area contributed by atoms with Crippen LogP contribution in [-0.4, -0.2) is 45.3 Å². The number of carbonyl (C=O) groups excluding carboxylic acids is 1. The van der Waals surface area contributed by atoms with Crippen LogP contribution in [0, 0.1) is 0 Å². The third-order valence-corrected chi connectivity index (χ3v) is 4.77. The molecule has 2 aromatic carbocycles. The molecule has 1 aromatic heterocycles. The predicted octanol–water partition coefficient (Wildman–Crippen LogP) is 2.84. The Morgan fingerprint density at radius 1 is 1.14 bits per heavy atom. The molecule has 1 atom stereocenters. The topological polar surface area (TPSA) is 84.7 Å². The smallest absolute Gasteiger partial charge is 0.360 e. The quantitative estimate of drug-likeness (QED) is 0.739. The molecular formula is C21H19N3O4. The summed E-state index contributed by atoms with van der Waals surface area (Å²) in [6.45, 7) is 0.543. The number of rotatable bonds is 5. The molecule has 0 fully saturated rings. The van der Waals surface area contributed by atoms with Gasteiger partial charge in [0.05, 0.1) is 6.04 Å². The first-order valence-electron chi connectivity index (χ1n) is 8.89. The van der Waals surface area contributed by atoms with E-state index in [0.29, 0.717) is 6.54 Å². The van der Waals surface area contributed by atoms with Crippen LogP contribution in [-0.2, 0) is 6.61 Å². The van der Waals surface area contributed by atoms with Gasteiger partial charge in [0.25, 0.3) is 5.91 Å². The van der Waals surface area contributed by atoms with E-state index in [0.717, 1.165) is 11.1 Å². The number of carboxylic acids is 1. The molecule has 1 N–H and O–H groups in total. The summed E-state index contributed by atoms with van der Waals surface area (Å²) in [6.07, 6.45) is 0. The normalized spacial score (nSPS) is 16.0. The molecule has 0 radical (unpaired) electrons. The number of hydrogen-bond donors (Lipinski definition) is 1. The van der Waals surface area contributed by atoms with Gasteiger partial charge < -0.3 is 14.7 Å². The number of fused-ring (bicyclic) bond motifs is 1. The number of carbonyl (C=O) groups is 2. The highest BCUT2D eigenvalue weighted by atomic mass is 16.5. The molecule has 1 amide bonds. The van der Waals surface area contributed by atoms with Crippen LogP contribution in [0.1, 0.15) is 38.1 Å². The molecule has 0 bridgehead atoms. The van der Waals surface area contributed by atoms with E-state index in [2.05, 4.69) is 5.10 Å². The average Bonchev–Trinajstić information content (AvgIpc) is 3.10. The van der Waals surface area contributed by atoms with Crippen molar-refractivity contribution in [2.24, 2.45) is 0 Å². The molecule has 1 unspecified atom stereocenters. The lowest BCUT2D eigenvalue weighted by Crippen LogP contribution is -2.41. The van der Waals surface area contributed by atoms with Crippen molar-refractivity contribution in [3.8, 4) is 5.75 Å². The van der Waals surface area contributed by atoms with Crippen LogP contribution in [0.5, 0.6) is 5.75 Å². The minimum absolute atomic E-state index is 0.00818. The van der Waals surface area contributed by atoms with E-state index < -0.39 is 5.97 Å². The monoisotopic (exact) mass is 377 g/mol. The second-order valence-electron chi connectivity index (χ2n) is 6.66. The molecule has 1 aliphatic heterocycles. The summed E-state index contributed by atoms with van der Waals surface area (Å²) in [4.78, 5) is 26.2. The van der Waals surface area contributed by atoms with Crippen molar-refractivity contribution in [2.75, 3.05) is 13.6 Å². The summed E-state index contributed by atoms with van der Waals surface area (Å²) >= 11 is 0. The zero-order valence-electron chi connectivity index (χ0n) is 15.3. The van der Waals surface area contributed by atoms with Crippen molar-refractivity contribution in [1.29, 1.82) is 0 Å². The molecule has 4 rings (SSSR count). The minimum atomic E-state index is -1.23. The third-order valence-electron chi connectivity index (χ3n) is 4.77. The Morgan fingerprint density at radius 3 is 2.43 bits per heavy atom. The van der Waals surface area contributed by atoms with Crippen molar-refractivity contribution in [3.63, 3.8) is 0 Å². The molecule has 1 aliphatic rings. The number of hydrogen-bond acceptors (Lipinski definition) is 4. The number of benzene rings is 2. The summed E-state index contributed by atoms with van der Waals surface area (Å²) in [5.41, 5.74) is 1.72. The van der Waals surface area contributed by atoms with Crippen LogP contribution in [0.15, 0.2) is 60.7 Å². The highest BCUT2D eigenvalue weighted by molar-refractivity contribution is 6.00. The van der Waals surface area contributed by atoms with E-state index in [1.807, 2.05) is 60.7 Å². The van der Waals surface area contributed by atoms with E-state index in [-0.39, 0.29) is 35.7 Å². The second kappa shape index (κ2) is 7.19. The van der Waals surface area contributed by atoms with Gasteiger partial charge in [0.1, 0.15) is 6.61 Å². The highest BCUT2D eigenvalue weighted by Crippen LogP contribution is 2.34. The Labute approximate surface area is 161 Å². The zero-order valence-corrected chi connectivity index (χ0v) is 15.3. The molecule has 7 heteroatoms. The summed E-state index contributed by atoms with van der Waals surface area (Å²) in [7, 11) is 1.69.